The van der Waals surface area contributed by atoms with Crippen molar-refractivity contribution < 1.29 is 137 Å². The van der Waals surface area contributed by atoms with Crippen LogP contribution in [-0.4, -0.2) is 31.0 Å². The van der Waals surface area contributed by atoms with Gasteiger partial charge in [-0.1, -0.05) is 0 Å². The molecule has 0 spiro atoms. The van der Waals surface area contributed by atoms with Crippen molar-refractivity contribution in [3.8, 4) is 0 Å². The van der Waals surface area contributed by atoms with Gasteiger partial charge < -0.3 is 43.6 Å². The van der Waals surface area contributed by atoms with Crippen molar-refractivity contribution in [1.29, 1.82) is 0 Å². The molecule has 0 heterocycles. The summed E-state index contributed by atoms with van der Waals surface area (Å²) >= 11 is 0. The predicted molar refractivity (Wildman–Crippen MR) is 39.3 cm³/mol. The summed E-state index contributed by atoms with van der Waals surface area (Å²) in [6.07, 6.45) is -2.22. The van der Waals surface area contributed by atoms with Crippen LogP contribution in [0, 0.1) is 0 Å². The predicted octanol–water partition coefficient (Wildman–Crippen LogP) is -12.7. The maximum absolute atomic E-state index is 10.4. The molecule has 0 amide bonds. The third kappa shape index (κ3) is 8.76. The Morgan fingerprint density at radius 1 is 0.889 bits per heavy atom. The third-order valence-corrected chi connectivity index (χ3v) is 6.27. The molecule has 16 heteroatoms. The molecule has 0 fully saturated rings. The molecule has 4 N–H and O–H groups in total. The number of hydrogen-bond acceptors (Lipinski definition) is 7. The molecule has 92 valence electrons. The van der Waals surface area contributed by atoms with Crippen molar-refractivity contribution >= 4 is 22.8 Å². The van der Waals surface area contributed by atoms with Crippen molar-refractivity contribution in [2.24, 2.45) is 0 Å². The van der Waals surface area contributed by atoms with E-state index in [9.17, 15) is 28.4 Å². The molecule has 0 saturated carbocycles. The summed E-state index contributed by atoms with van der Waals surface area (Å²) in [5, 5.41) is 4.41. The summed E-state index contributed by atoms with van der Waals surface area (Å²) in [5.74, 6) is 0. The SMILES string of the molecule is O=P(O)(O)CC(O)(P(=O)([O-])[O-])P(=O)([O-])O.[Na+].[Na+].[Na+]. The van der Waals surface area contributed by atoms with Crippen molar-refractivity contribution in [2.75, 3.05) is 6.16 Å². The molecule has 0 radical (unpaired) electrons. The second-order valence-electron chi connectivity index (χ2n) is 2.62. The van der Waals surface area contributed by atoms with E-state index in [0.717, 1.165) is 0 Å². The Morgan fingerprint density at radius 2 is 1.17 bits per heavy atom. The van der Waals surface area contributed by atoms with Gasteiger partial charge in [0, 0.05) is 0 Å². The Bertz CT molecular complexity index is 356. The van der Waals surface area contributed by atoms with Crippen LogP contribution in [-0.2, 0) is 13.7 Å². The van der Waals surface area contributed by atoms with E-state index < -0.39 is 34.0 Å². The van der Waals surface area contributed by atoms with Gasteiger partial charge in [0.1, 0.15) is 0 Å². The zero-order valence-electron chi connectivity index (χ0n) is 9.79. The number of rotatable bonds is 4. The van der Waals surface area contributed by atoms with Gasteiger partial charge in [0.25, 0.3) is 0 Å². The monoisotopic (exact) mass is 352 g/mol. The van der Waals surface area contributed by atoms with Crippen molar-refractivity contribution in [2.45, 2.75) is 5.08 Å². The summed E-state index contributed by atoms with van der Waals surface area (Å²) < 4.78 is 31.0. The molecule has 2 atom stereocenters. The summed E-state index contributed by atoms with van der Waals surface area (Å²) in [5.41, 5.74) is 0. The molecular formula is C2H6Na3O10P3. The van der Waals surface area contributed by atoms with Crippen molar-refractivity contribution in [1.82, 2.24) is 0 Å². The molecule has 0 aromatic carbocycles. The van der Waals surface area contributed by atoms with Gasteiger partial charge in [0.05, 0.1) is 6.16 Å². The van der Waals surface area contributed by atoms with Crippen LogP contribution >= 0.6 is 22.8 Å². The Balaban J connectivity index is -0.000000327. The van der Waals surface area contributed by atoms with Crippen LogP contribution in [0.4, 0.5) is 0 Å². The van der Waals surface area contributed by atoms with Gasteiger partial charge in [-0.25, -0.2) is 0 Å². The van der Waals surface area contributed by atoms with Crippen LogP contribution in [0.15, 0.2) is 0 Å². The van der Waals surface area contributed by atoms with Gasteiger partial charge in [-0.15, -0.1) is 0 Å². The minimum absolute atomic E-state index is 0. The van der Waals surface area contributed by atoms with Gasteiger partial charge in [0.15, 0.2) is 12.7 Å². The van der Waals surface area contributed by atoms with E-state index >= 15 is 0 Å². The zero-order valence-corrected chi connectivity index (χ0v) is 18.5. The zero-order chi connectivity index (χ0) is 12.7. The maximum atomic E-state index is 10.4. The molecule has 2 unspecified atom stereocenters. The van der Waals surface area contributed by atoms with Crippen LogP contribution in [0.1, 0.15) is 0 Å². The first kappa shape index (κ1) is 29.4. The normalized spacial score (nSPS) is 18.2. The quantitative estimate of drug-likeness (QED) is 0.278. The molecule has 0 aromatic heterocycles. The van der Waals surface area contributed by atoms with Crippen LogP contribution in [0.2, 0.25) is 0 Å². The Labute approximate surface area is 168 Å². The third-order valence-electron chi connectivity index (χ3n) is 1.31. The van der Waals surface area contributed by atoms with E-state index in [1.165, 1.54) is 0 Å². The molecule has 18 heavy (non-hydrogen) atoms. The fourth-order valence-electron chi connectivity index (χ4n) is 0.607. The van der Waals surface area contributed by atoms with E-state index in [1.54, 1.807) is 0 Å². The van der Waals surface area contributed by atoms with Gasteiger partial charge in [-0.3, -0.25) is 4.57 Å². The van der Waals surface area contributed by atoms with Gasteiger partial charge >= 0.3 is 96.3 Å². The molecule has 10 nitrogen and oxygen atoms in total. The number of hydrogen-bond donors (Lipinski definition) is 4. The van der Waals surface area contributed by atoms with E-state index in [1.807, 2.05) is 0 Å². The van der Waals surface area contributed by atoms with Crippen LogP contribution in [0.3, 0.4) is 0 Å². The topological polar surface area (TPSA) is 201 Å². The van der Waals surface area contributed by atoms with Crippen LogP contribution < -0.4 is 103 Å². The van der Waals surface area contributed by atoms with Gasteiger partial charge in [0.2, 0.25) is 0 Å². The first-order chi connectivity index (χ1) is 6.21. The Morgan fingerprint density at radius 3 is 1.22 bits per heavy atom. The molecule has 0 aliphatic heterocycles. The smallest absolute Gasteiger partial charge is 0.808 e. The van der Waals surface area contributed by atoms with E-state index in [4.69, 9.17) is 19.8 Å². The molecule has 0 aliphatic rings. The molecular weight excluding hydrogens is 346 g/mol. The minimum atomic E-state index is -6.37. The van der Waals surface area contributed by atoms with Crippen LogP contribution in [0.25, 0.3) is 0 Å². The summed E-state index contributed by atoms with van der Waals surface area (Å²) in [6, 6.07) is 0. The average Bonchev–Trinajstić information content (AvgIpc) is 1.77. The maximum Gasteiger partial charge on any atom is 1.00 e. The molecule has 0 aromatic rings. The fourth-order valence-corrected chi connectivity index (χ4v) is 4.91. The van der Waals surface area contributed by atoms with E-state index in [-0.39, 0.29) is 88.7 Å². The molecule has 0 bridgehead atoms. The van der Waals surface area contributed by atoms with E-state index in [0.29, 0.717) is 0 Å². The van der Waals surface area contributed by atoms with Crippen molar-refractivity contribution in [3.05, 3.63) is 0 Å². The van der Waals surface area contributed by atoms with E-state index in [2.05, 4.69) is 0 Å². The van der Waals surface area contributed by atoms with Gasteiger partial charge in [-0.2, -0.15) is 0 Å². The first-order valence-corrected chi connectivity index (χ1v) is 7.95. The summed E-state index contributed by atoms with van der Waals surface area (Å²) in [7, 11) is -17.9. The van der Waals surface area contributed by atoms with Crippen molar-refractivity contribution in [3.63, 3.8) is 0 Å². The second-order valence-corrected chi connectivity index (χ2v) is 8.13. The van der Waals surface area contributed by atoms with Crippen LogP contribution in [0.5, 0.6) is 0 Å². The average molecular weight is 352 g/mol. The fraction of sp³-hybridized carbons (Fsp3) is 1.00. The Hall–Kier alpha value is 3.41. The first-order valence-electron chi connectivity index (χ1n) is 3.04. The van der Waals surface area contributed by atoms with Gasteiger partial charge in [-0.05, 0) is 7.60 Å². The largest absolute Gasteiger partial charge is 1.00 e. The molecule has 0 saturated heterocycles. The molecule has 0 aliphatic carbocycles. The standard InChI is InChI=1S/C2H9O10P3.3Na/c3-2(14(7,8)9,15(10,11)12)1-13(4,5)6;;;/h3H,1H2,(H2,4,5,6)(H2,7,8,9)(H2,10,11,12);;;/q;3*+1/p-3. The second kappa shape index (κ2) is 9.53. The summed E-state index contributed by atoms with van der Waals surface area (Å²) in [6.45, 7) is 0. The minimum Gasteiger partial charge on any atom is -0.808 e. The summed E-state index contributed by atoms with van der Waals surface area (Å²) in [4.78, 5) is 55.8. The Kier molecular flexibility index (Phi) is 15.6. The molecule has 0 rings (SSSR count). The number of aliphatic hydroxyl groups is 1.